The first kappa shape index (κ1) is 28.5. The Morgan fingerprint density at radius 1 is 1.11 bits per heavy atom. The summed E-state index contributed by atoms with van der Waals surface area (Å²) in [5.41, 5.74) is 3.74. The molecule has 1 atom stereocenters. The molecule has 1 fully saturated rings. The average molecular weight is 548 g/mol. The zero-order valence-electron chi connectivity index (χ0n) is 21.4. The first-order valence-corrected chi connectivity index (χ1v) is 13.1. The minimum Gasteiger partial charge on any atom is -0.497 e. The van der Waals surface area contributed by atoms with Crippen LogP contribution in [0.25, 0.3) is 11.8 Å². The van der Waals surface area contributed by atoms with Gasteiger partial charge in [-0.2, -0.15) is 0 Å². The van der Waals surface area contributed by atoms with E-state index >= 15 is 0 Å². The van der Waals surface area contributed by atoms with Crippen molar-refractivity contribution in [3.05, 3.63) is 74.3 Å². The van der Waals surface area contributed by atoms with Crippen molar-refractivity contribution in [1.82, 2.24) is 19.8 Å². The number of hydrogen-bond acceptors (Lipinski definition) is 6. The second kappa shape index (κ2) is 12.4. The topological polar surface area (TPSA) is 41.5 Å². The molecule has 194 valence electrons. The van der Waals surface area contributed by atoms with Crippen LogP contribution in [0.1, 0.15) is 47.3 Å². The molecular formula is C28H36Cl2N4OS. The van der Waals surface area contributed by atoms with Crippen molar-refractivity contribution in [2.75, 3.05) is 33.8 Å². The molecule has 0 amide bonds. The summed E-state index contributed by atoms with van der Waals surface area (Å²) in [6.45, 7) is 7.50. The SMILES string of the molecule is COc1ccc(CCC2CN(C3=c4ncccc4=CCc4sc(C(C)C)nc43)CCN2C)cc1.Cl.Cl. The van der Waals surface area contributed by atoms with Crippen molar-refractivity contribution in [3.63, 3.8) is 0 Å². The summed E-state index contributed by atoms with van der Waals surface area (Å²) in [7, 11) is 3.98. The van der Waals surface area contributed by atoms with E-state index in [1.807, 2.05) is 23.6 Å². The Kier molecular flexibility index (Phi) is 9.81. The minimum absolute atomic E-state index is 0. The average Bonchev–Trinajstić information content (AvgIpc) is 3.21. The molecule has 0 spiro atoms. The Hall–Kier alpha value is -2.12. The monoisotopic (exact) mass is 546 g/mol. The smallest absolute Gasteiger partial charge is 0.118 e. The fourth-order valence-electron chi connectivity index (χ4n) is 4.92. The highest BCUT2D eigenvalue weighted by Crippen LogP contribution is 2.32. The van der Waals surface area contributed by atoms with Gasteiger partial charge >= 0.3 is 0 Å². The lowest BCUT2D eigenvalue weighted by Crippen LogP contribution is -2.52. The van der Waals surface area contributed by atoms with Gasteiger partial charge < -0.3 is 9.64 Å². The van der Waals surface area contributed by atoms with Crippen LogP contribution in [0.2, 0.25) is 0 Å². The standard InChI is InChI=1S/C28H34N4OS.2ClH/c1-19(2)28-30-26-24(34-28)14-10-21-6-5-15-29-25(21)27(26)32-17-16-31(3)22(18-32)11-7-20-8-12-23(33-4)13-9-20;;/h5-6,8-10,12-13,15,19,22H,7,11,14,16-18H2,1-4H3;2*1H. The van der Waals surface area contributed by atoms with Crippen molar-refractivity contribution >= 4 is 47.9 Å². The van der Waals surface area contributed by atoms with Gasteiger partial charge in [0.25, 0.3) is 0 Å². The lowest BCUT2D eigenvalue weighted by atomic mass is 10.0. The minimum atomic E-state index is 0. The van der Waals surface area contributed by atoms with Crippen LogP contribution in [0.5, 0.6) is 5.75 Å². The third-order valence-electron chi connectivity index (χ3n) is 7.02. The maximum absolute atomic E-state index is 5.31. The zero-order valence-corrected chi connectivity index (χ0v) is 23.9. The number of benzene rings is 1. The van der Waals surface area contributed by atoms with Crippen LogP contribution >= 0.6 is 36.2 Å². The van der Waals surface area contributed by atoms with Crippen LogP contribution in [-0.4, -0.2) is 59.6 Å². The molecule has 2 aromatic heterocycles. The van der Waals surface area contributed by atoms with E-state index < -0.39 is 0 Å². The number of piperazine rings is 1. The molecule has 0 radical (unpaired) electrons. The number of aromatic nitrogens is 2. The van der Waals surface area contributed by atoms with Gasteiger partial charge in [0, 0.05) is 49.1 Å². The van der Waals surface area contributed by atoms with Crippen LogP contribution in [0.4, 0.5) is 0 Å². The normalized spacial score (nSPS) is 17.3. The molecule has 0 bridgehead atoms. The second-order valence-electron chi connectivity index (χ2n) is 9.64. The van der Waals surface area contributed by atoms with Gasteiger partial charge in [-0.05, 0) is 48.9 Å². The van der Waals surface area contributed by atoms with Crippen molar-refractivity contribution in [1.29, 1.82) is 0 Å². The predicted molar refractivity (Wildman–Crippen MR) is 154 cm³/mol. The second-order valence-corrected chi connectivity index (χ2v) is 10.8. The van der Waals surface area contributed by atoms with Gasteiger partial charge in [0.1, 0.15) is 11.4 Å². The number of ether oxygens (including phenoxy) is 1. The molecule has 2 aliphatic rings. The Morgan fingerprint density at radius 3 is 2.61 bits per heavy atom. The molecule has 0 N–H and O–H groups in total. The van der Waals surface area contributed by atoms with Crippen molar-refractivity contribution in [2.24, 2.45) is 0 Å². The predicted octanol–water partition coefficient (Wildman–Crippen LogP) is 4.26. The summed E-state index contributed by atoms with van der Waals surface area (Å²) in [6, 6.07) is 13.2. The Labute approximate surface area is 230 Å². The quantitative estimate of drug-likeness (QED) is 0.462. The molecule has 36 heavy (non-hydrogen) atoms. The van der Waals surface area contributed by atoms with Gasteiger partial charge in [-0.15, -0.1) is 36.2 Å². The molecule has 1 aliphatic carbocycles. The van der Waals surface area contributed by atoms with E-state index in [1.165, 1.54) is 26.4 Å². The maximum Gasteiger partial charge on any atom is 0.118 e. The molecule has 5 nitrogen and oxygen atoms in total. The fourth-order valence-corrected chi connectivity index (χ4v) is 5.95. The van der Waals surface area contributed by atoms with Crippen molar-refractivity contribution in [2.45, 2.75) is 45.1 Å². The summed E-state index contributed by atoms with van der Waals surface area (Å²) in [5, 5.41) is 3.53. The van der Waals surface area contributed by atoms with Gasteiger partial charge in [-0.1, -0.05) is 38.1 Å². The lowest BCUT2D eigenvalue weighted by molar-refractivity contribution is 0.127. The molecule has 1 aromatic carbocycles. The van der Waals surface area contributed by atoms with Gasteiger partial charge in [0.15, 0.2) is 0 Å². The number of hydrogen-bond donors (Lipinski definition) is 0. The van der Waals surface area contributed by atoms with E-state index in [1.54, 1.807) is 7.11 Å². The maximum atomic E-state index is 5.31. The highest BCUT2D eigenvalue weighted by atomic mass is 35.5. The van der Waals surface area contributed by atoms with Crippen LogP contribution in [0, 0.1) is 0 Å². The number of likely N-dealkylation sites (N-methyl/N-ethyl adjacent to an activating group) is 1. The fraction of sp³-hybridized carbons (Fsp3) is 0.429. The Bertz CT molecular complexity index is 1280. The van der Waals surface area contributed by atoms with Crippen LogP contribution in [-0.2, 0) is 12.8 Å². The molecule has 1 saturated heterocycles. The number of methoxy groups -OCH3 is 1. The van der Waals surface area contributed by atoms with E-state index in [2.05, 4.69) is 67.1 Å². The molecule has 1 aliphatic heterocycles. The van der Waals surface area contributed by atoms with Crippen molar-refractivity contribution < 1.29 is 4.74 Å². The highest BCUT2D eigenvalue weighted by molar-refractivity contribution is 7.12. The largest absolute Gasteiger partial charge is 0.497 e. The van der Waals surface area contributed by atoms with Gasteiger partial charge in [0.2, 0.25) is 0 Å². The first-order chi connectivity index (χ1) is 16.5. The molecule has 8 heteroatoms. The molecule has 3 heterocycles. The molecule has 0 saturated carbocycles. The summed E-state index contributed by atoms with van der Waals surface area (Å²) in [5.74, 6) is 1.35. The van der Waals surface area contributed by atoms with E-state index in [0.29, 0.717) is 12.0 Å². The number of halogens is 2. The van der Waals surface area contributed by atoms with Crippen molar-refractivity contribution in [3.8, 4) is 5.75 Å². The van der Waals surface area contributed by atoms with E-state index in [0.717, 1.165) is 55.7 Å². The lowest BCUT2D eigenvalue weighted by Gasteiger charge is -2.41. The molecular weight excluding hydrogens is 511 g/mol. The number of pyridine rings is 1. The summed E-state index contributed by atoms with van der Waals surface area (Å²) < 4.78 is 5.31. The number of nitrogens with zero attached hydrogens (tertiary/aromatic N) is 4. The number of fused-ring (bicyclic) bond motifs is 2. The van der Waals surface area contributed by atoms with Gasteiger partial charge in [-0.3, -0.25) is 9.88 Å². The van der Waals surface area contributed by atoms with E-state index in [4.69, 9.17) is 14.7 Å². The first-order valence-electron chi connectivity index (χ1n) is 12.3. The summed E-state index contributed by atoms with van der Waals surface area (Å²) in [4.78, 5) is 16.5. The number of aryl methyl sites for hydroxylation is 1. The van der Waals surface area contributed by atoms with Crippen LogP contribution in [0.15, 0.2) is 42.6 Å². The van der Waals surface area contributed by atoms with Crippen LogP contribution < -0.4 is 15.3 Å². The third kappa shape index (κ3) is 5.88. The Morgan fingerprint density at radius 2 is 1.89 bits per heavy atom. The zero-order chi connectivity index (χ0) is 23.7. The number of rotatable bonds is 6. The molecule has 3 aromatic rings. The third-order valence-corrected chi connectivity index (χ3v) is 8.40. The van der Waals surface area contributed by atoms with E-state index in [9.17, 15) is 0 Å². The summed E-state index contributed by atoms with van der Waals surface area (Å²) in [6.07, 6.45) is 7.36. The van der Waals surface area contributed by atoms with E-state index in [-0.39, 0.29) is 24.8 Å². The van der Waals surface area contributed by atoms with Gasteiger partial charge in [0.05, 0.1) is 23.2 Å². The summed E-state index contributed by atoms with van der Waals surface area (Å²) >= 11 is 1.87. The van der Waals surface area contributed by atoms with Gasteiger partial charge in [-0.25, -0.2) is 4.98 Å². The molecule has 5 rings (SSSR count). The highest BCUT2D eigenvalue weighted by Gasteiger charge is 2.30. The number of thiazole rings is 1. The Balaban J connectivity index is 0.00000180. The molecule has 1 unspecified atom stereocenters. The van der Waals surface area contributed by atoms with Crippen LogP contribution in [0.3, 0.4) is 0 Å².